The van der Waals surface area contributed by atoms with Crippen molar-refractivity contribution in [1.29, 1.82) is 0 Å². The second-order valence-corrected chi connectivity index (χ2v) is 12.1. The molecule has 0 radical (unpaired) electrons. The number of pyridine rings is 2. The van der Waals surface area contributed by atoms with Crippen molar-refractivity contribution in [2.24, 2.45) is 11.7 Å². The number of aromatic nitrogens is 2. The van der Waals surface area contributed by atoms with E-state index in [0.717, 1.165) is 31.2 Å². The molecular weight excluding hydrogens is 535 g/mol. The predicted octanol–water partition coefficient (Wildman–Crippen LogP) is 3.32. The minimum Gasteiger partial charge on any atom is -0.389 e. The predicted molar refractivity (Wildman–Crippen MR) is 134 cm³/mol. The van der Waals surface area contributed by atoms with Gasteiger partial charge in [0.15, 0.2) is 15.6 Å². The highest BCUT2D eigenvalue weighted by Crippen LogP contribution is 2.43. The first-order chi connectivity index (χ1) is 18.4. The van der Waals surface area contributed by atoms with Gasteiger partial charge in [-0.25, -0.2) is 26.6 Å². The number of halogens is 3. The fourth-order valence-corrected chi connectivity index (χ4v) is 5.53. The summed E-state index contributed by atoms with van der Waals surface area (Å²) in [5.74, 6) is -4.10. The molecule has 5 rings (SSSR count). The Hall–Kier alpha value is -3.19. The van der Waals surface area contributed by atoms with Gasteiger partial charge in [0.05, 0.1) is 28.8 Å². The van der Waals surface area contributed by atoms with Crippen LogP contribution in [0, 0.1) is 23.4 Å². The van der Waals surface area contributed by atoms with Crippen LogP contribution in [0.5, 0.6) is 0 Å². The first-order valence-electron chi connectivity index (χ1n) is 12.3. The molecule has 0 unspecified atom stereocenters. The number of aliphatic hydroxyl groups is 1. The van der Waals surface area contributed by atoms with E-state index in [1.807, 2.05) is 0 Å². The van der Waals surface area contributed by atoms with E-state index < -0.39 is 73.6 Å². The highest BCUT2D eigenvalue weighted by Gasteiger charge is 2.45. The van der Waals surface area contributed by atoms with Crippen LogP contribution in [0.3, 0.4) is 0 Å². The maximum absolute atomic E-state index is 14.8. The van der Waals surface area contributed by atoms with E-state index in [9.17, 15) is 31.5 Å². The van der Waals surface area contributed by atoms with Gasteiger partial charge in [-0.1, -0.05) is 0 Å². The average molecular weight is 562 g/mol. The Bertz CT molecular complexity index is 1520. The van der Waals surface area contributed by atoms with Crippen molar-refractivity contribution < 1.29 is 36.2 Å². The molecule has 3 aromatic rings. The summed E-state index contributed by atoms with van der Waals surface area (Å²) in [5, 5.41) is 10.5. The van der Waals surface area contributed by atoms with E-state index in [-0.39, 0.29) is 18.0 Å². The lowest BCUT2D eigenvalue weighted by Gasteiger charge is -2.39. The first kappa shape index (κ1) is 27.4. The molecule has 3 heterocycles. The average Bonchev–Trinajstić information content (AvgIpc) is 3.71. The van der Waals surface area contributed by atoms with Crippen molar-refractivity contribution in [2.45, 2.75) is 54.9 Å². The van der Waals surface area contributed by atoms with E-state index in [2.05, 4.69) is 9.97 Å². The summed E-state index contributed by atoms with van der Waals surface area (Å²) in [6.45, 7) is 0. The third-order valence-electron chi connectivity index (χ3n) is 7.12. The minimum atomic E-state index is -3.92. The van der Waals surface area contributed by atoms with Gasteiger partial charge in [-0.3, -0.25) is 9.78 Å². The molecule has 1 saturated carbocycles. The third-order valence-corrected chi connectivity index (χ3v) is 8.21. The number of Topliss-reactive ketones (excluding diaryl/α,β-unsaturated/α-hetero) is 1. The number of sulfone groups is 1. The number of rotatable bonds is 7. The normalized spacial score (nSPS) is 23.5. The maximum atomic E-state index is 14.8. The van der Waals surface area contributed by atoms with Gasteiger partial charge in [-0.15, -0.1) is 0 Å². The van der Waals surface area contributed by atoms with E-state index in [1.54, 1.807) is 12.3 Å². The topological polar surface area (TPSA) is 132 Å². The molecule has 0 spiro atoms. The lowest BCUT2D eigenvalue weighted by molar-refractivity contribution is -0.137. The van der Waals surface area contributed by atoms with Crippen LogP contribution in [-0.2, 0) is 21.0 Å². The van der Waals surface area contributed by atoms with Gasteiger partial charge in [0.2, 0.25) is 0 Å². The standard InChI is InChI=1S/C27H26F3N3O5S/c1-39(36,37)15-9-18(29)24(19(30)10-15)25-17(28)4-5-21(33-25)22(34)8-14-12-32-7-6-16(14)23-11-20(31)26(35)27(38-23)13-2-3-13/h4-7,9-10,12-13,20,23,26-27,35H,2-3,8,11,31H2,1H3/t20-,23-,26+,27-/m0/s1. The number of carbonyl (C=O) groups is 1. The zero-order valence-electron chi connectivity index (χ0n) is 20.9. The number of ketones is 1. The molecule has 2 aliphatic rings. The van der Waals surface area contributed by atoms with Crippen molar-refractivity contribution in [1.82, 2.24) is 9.97 Å². The molecule has 3 N–H and O–H groups in total. The van der Waals surface area contributed by atoms with Crippen LogP contribution in [0.4, 0.5) is 13.2 Å². The van der Waals surface area contributed by atoms with E-state index >= 15 is 0 Å². The molecule has 4 atom stereocenters. The maximum Gasteiger partial charge on any atom is 0.185 e. The van der Waals surface area contributed by atoms with Gasteiger partial charge in [0.1, 0.15) is 28.8 Å². The zero-order chi connectivity index (χ0) is 28.1. The lowest BCUT2D eigenvalue weighted by Crippen LogP contribution is -2.50. The number of ether oxygens (including phenoxy) is 1. The molecule has 0 bridgehead atoms. The van der Waals surface area contributed by atoms with Gasteiger partial charge in [-0.05, 0) is 66.6 Å². The molecule has 8 nitrogen and oxygen atoms in total. The molecule has 12 heteroatoms. The Morgan fingerprint density at radius 1 is 1.13 bits per heavy atom. The summed E-state index contributed by atoms with van der Waals surface area (Å²) >= 11 is 0. The van der Waals surface area contributed by atoms with Crippen LogP contribution in [0.1, 0.15) is 47.0 Å². The van der Waals surface area contributed by atoms with Crippen molar-refractivity contribution in [3.05, 3.63) is 77.0 Å². The molecule has 1 aliphatic heterocycles. The van der Waals surface area contributed by atoms with Gasteiger partial charge >= 0.3 is 0 Å². The smallest absolute Gasteiger partial charge is 0.185 e. The number of aliphatic hydroxyl groups excluding tert-OH is 1. The SMILES string of the molecule is CS(=O)(=O)c1cc(F)c(-c2nc(C(=O)Cc3cnccc3[C@@H]3C[C@H](N)[C@@H](O)[C@H](C4CC4)O3)ccc2F)c(F)c1. The third kappa shape index (κ3) is 5.60. The number of nitrogens with two attached hydrogens (primary N) is 1. The van der Waals surface area contributed by atoms with Crippen LogP contribution in [0.25, 0.3) is 11.3 Å². The van der Waals surface area contributed by atoms with Crippen LogP contribution >= 0.6 is 0 Å². The van der Waals surface area contributed by atoms with Crippen LogP contribution in [0.2, 0.25) is 0 Å². The van der Waals surface area contributed by atoms with E-state index in [1.165, 1.54) is 6.20 Å². The Labute approximate surface area is 223 Å². The highest BCUT2D eigenvalue weighted by molar-refractivity contribution is 7.90. The summed E-state index contributed by atoms with van der Waals surface area (Å²) in [6, 6.07) is 4.32. The summed E-state index contributed by atoms with van der Waals surface area (Å²) in [4.78, 5) is 20.6. The number of hydrogen-bond acceptors (Lipinski definition) is 8. The molecule has 1 aromatic carbocycles. The molecule has 39 heavy (non-hydrogen) atoms. The Balaban J connectivity index is 1.43. The highest BCUT2D eigenvalue weighted by atomic mass is 32.2. The molecular formula is C27H26F3N3O5S. The second kappa shape index (κ2) is 10.4. The fourth-order valence-electron chi connectivity index (χ4n) is 4.90. The molecule has 2 aromatic heterocycles. The van der Waals surface area contributed by atoms with Crippen molar-refractivity contribution >= 4 is 15.6 Å². The van der Waals surface area contributed by atoms with Crippen molar-refractivity contribution in [3.63, 3.8) is 0 Å². The van der Waals surface area contributed by atoms with Gasteiger partial charge in [0, 0.05) is 31.1 Å². The Kier molecular flexibility index (Phi) is 7.31. The number of benzene rings is 1. The van der Waals surface area contributed by atoms with Crippen LogP contribution in [0.15, 0.2) is 47.6 Å². The molecule has 2 fully saturated rings. The van der Waals surface area contributed by atoms with Crippen LogP contribution in [-0.4, -0.2) is 53.8 Å². The largest absolute Gasteiger partial charge is 0.389 e. The molecule has 1 saturated heterocycles. The monoisotopic (exact) mass is 561 g/mol. The summed E-state index contributed by atoms with van der Waals surface area (Å²) in [5.41, 5.74) is 5.48. The van der Waals surface area contributed by atoms with Crippen molar-refractivity contribution in [2.75, 3.05) is 6.26 Å². The quantitative estimate of drug-likeness (QED) is 0.420. The summed E-state index contributed by atoms with van der Waals surface area (Å²) in [7, 11) is -3.92. The summed E-state index contributed by atoms with van der Waals surface area (Å²) in [6.07, 6.45) is 4.16. The van der Waals surface area contributed by atoms with Gasteiger partial charge in [-0.2, -0.15) is 0 Å². The molecule has 206 valence electrons. The fraction of sp³-hybridized carbons (Fsp3) is 0.370. The Morgan fingerprint density at radius 3 is 2.46 bits per heavy atom. The molecule has 1 aliphatic carbocycles. The van der Waals surface area contributed by atoms with E-state index in [4.69, 9.17) is 10.5 Å². The van der Waals surface area contributed by atoms with Crippen molar-refractivity contribution in [3.8, 4) is 11.3 Å². The van der Waals surface area contributed by atoms with Gasteiger partial charge in [0.25, 0.3) is 0 Å². The second-order valence-electron chi connectivity index (χ2n) is 10.1. The number of carbonyl (C=O) groups excluding carboxylic acids is 1. The number of nitrogens with zero attached hydrogens (tertiary/aromatic N) is 2. The zero-order valence-corrected chi connectivity index (χ0v) is 21.7. The van der Waals surface area contributed by atoms with Crippen LogP contribution < -0.4 is 5.73 Å². The van der Waals surface area contributed by atoms with Gasteiger partial charge < -0.3 is 15.6 Å². The Morgan fingerprint density at radius 2 is 1.82 bits per heavy atom. The minimum absolute atomic E-state index is 0.217. The first-order valence-corrected chi connectivity index (χ1v) is 14.2. The summed E-state index contributed by atoms with van der Waals surface area (Å²) < 4.78 is 73.7. The number of hydrogen-bond donors (Lipinski definition) is 2. The lowest BCUT2D eigenvalue weighted by atomic mass is 9.88. The molecule has 0 amide bonds. The van der Waals surface area contributed by atoms with E-state index in [0.29, 0.717) is 29.7 Å².